The number of aryl methyl sites for hydroxylation is 1. The minimum absolute atomic E-state index is 0.313. The van der Waals surface area contributed by atoms with Crippen LogP contribution in [0.1, 0.15) is 18.2 Å². The van der Waals surface area contributed by atoms with Crippen LogP contribution < -0.4 is 0 Å². The van der Waals surface area contributed by atoms with Gasteiger partial charge < -0.3 is 0 Å². The Hall–Kier alpha value is -1.00. The van der Waals surface area contributed by atoms with Crippen molar-refractivity contribution in [3.8, 4) is 11.4 Å². The summed E-state index contributed by atoms with van der Waals surface area (Å²) in [6, 6.07) is 4.65. The van der Waals surface area contributed by atoms with Gasteiger partial charge in [-0.25, -0.2) is 14.4 Å². The Kier molecular flexibility index (Phi) is 3.97. The largest absolute Gasteiger partial charge is 0.233 e. The van der Waals surface area contributed by atoms with Gasteiger partial charge in [-0.05, 0) is 31.5 Å². The number of hydrogen-bond donors (Lipinski definition) is 0. The zero-order valence-electron chi connectivity index (χ0n) is 9.97. The monoisotopic (exact) mass is 328 g/mol. The van der Waals surface area contributed by atoms with Crippen molar-refractivity contribution in [2.24, 2.45) is 0 Å². The number of benzene rings is 1. The van der Waals surface area contributed by atoms with E-state index in [2.05, 4.69) is 25.9 Å². The topological polar surface area (TPSA) is 25.8 Å². The highest BCUT2D eigenvalue weighted by atomic mass is 79.9. The van der Waals surface area contributed by atoms with E-state index in [1.807, 2.05) is 13.8 Å². The SMILES string of the molecule is CCc1c(C)nc(-c2cc(Br)ccc2F)nc1Cl. The lowest BCUT2D eigenvalue weighted by atomic mass is 10.1. The molecule has 5 heteroatoms. The van der Waals surface area contributed by atoms with Crippen molar-refractivity contribution >= 4 is 27.5 Å². The molecule has 0 amide bonds. The zero-order valence-corrected chi connectivity index (χ0v) is 12.3. The van der Waals surface area contributed by atoms with Crippen LogP contribution in [-0.2, 0) is 6.42 Å². The summed E-state index contributed by atoms with van der Waals surface area (Å²) in [5, 5.41) is 0.388. The minimum Gasteiger partial charge on any atom is -0.233 e. The van der Waals surface area contributed by atoms with Crippen LogP contribution in [0, 0.1) is 12.7 Å². The van der Waals surface area contributed by atoms with Crippen LogP contribution in [0.25, 0.3) is 11.4 Å². The molecule has 0 radical (unpaired) electrons. The van der Waals surface area contributed by atoms with E-state index in [0.29, 0.717) is 16.5 Å². The second-order valence-corrected chi connectivity index (χ2v) is 5.15. The van der Waals surface area contributed by atoms with E-state index in [9.17, 15) is 4.39 Å². The van der Waals surface area contributed by atoms with E-state index in [1.54, 1.807) is 12.1 Å². The van der Waals surface area contributed by atoms with E-state index in [-0.39, 0.29) is 5.82 Å². The molecule has 0 N–H and O–H groups in total. The van der Waals surface area contributed by atoms with Crippen LogP contribution in [0.2, 0.25) is 5.15 Å². The van der Waals surface area contributed by atoms with Crippen molar-refractivity contribution < 1.29 is 4.39 Å². The molecule has 0 bridgehead atoms. The van der Waals surface area contributed by atoms with Gasteiger partial charge in [-0.2, -0.15) is 0 Å². The molecule has 0 saturated carbocycles. The normalized spacial score (nSPS) is 10.7. The third-order valence-corrected chi connectivity index (χ3v) is 3.49. The molecule has 0 fully saturated rings. The summed E-state index contributed by atoms with van der Waals surface area (Å²) in [7, 11) is 0. The predicted molar refractivity (Wildman–Crippen MR) is 74.3 cm³/mol. The molecule has 0 atom stereocenters. The standard InChI is InChI=1S/C13H11BrClFN2/c1-3-9-7(2)17-13(18-12(9)15)10-6-8(14)4-5-11(10)16/h4-6H,3H2,1-2H3. The lowest BCUT2D eigenvalue weighted by Crippen LogP contribution is -2.00. The van der Waals surface area contributed by atoms with Gasteiger partial charge in [0.15, 0.2) is 5.82 Å². The van der Waals surface area contributed by atoms with E-state index < -0.39 is 0 Å². The van der Waals surface area contributed by atoms with E-state index in [0.717, 1.165) is 22.2 Å². The van der Waals surface area contributed by atoms with Gasteiger partial charge in [0.2, 0.25) is 0 Å². The van der Waals surface area contributed by atoms with Crippen LogP contribution in [0.5, 0.6) is 0 Å². The number of halogens is 3. The summed E-state index contributed by atoms with van der Waals surface area (Å²) >= 11 is 9.40. The Morgan fingerprint density at radius 2 is 2.06 bits per heavy atom. The highest BCUT2D eigenvalue weighted by molar-refractivity contribution is 9.10. The first kappa shape index (κ1) is 13.4. The van der Waals surface area contributed by atoms with Gasteiger partial charge in [0.05, 0.1) is 5.56 Å². The summed E-state index contributed by atoms with van der Waals surface area (Å²) in [5.74, 6) is -0.0496. The molecular weight excluding hydrogens is 319 g/mol. The fraction of sp³-hybridized carbons (Fsp3) is 0.231. The van der Waals surface area contributed by atoms with Gasteiger partial charge in [0.25, 0.3) is 0 Å². The van der Waals surface area contributed by atoms with Gasteiger partial charge in [0, 0.05) is 15.7 Å². The summed E-state index contributed by atoms with van der Waals surface area (Å²) in [6.07, 6.45) is 0.756. The summed E-state index contributed by atoms with van der Waals surface area (Å²) in [5.41, 5.74) is 2.03. The summed E-state index contributed by atoms with van der Waals surface area (Å²) < 4.78 is 14.5. The number of hydrogen-bond acceptors (Lipinski definition) is 2. The number of aromatic nitrogens is 2. The minimum atomic E-state index is -0.363. The Morgan fingerprint density at radius 1 is 1.33 bits per heavy atom. The highest BCUT2D eigenvalue weighted by Gasteiger charge is 2.13. The molecule has 18 heavy (non-hydrogen) atoms. The predicted octanol–water partition coefficient (Wildman–Crippen LogP) is 4.57. The quantitative estimate of drug-likeness (QED) is 0.754. The maximum absolute atomic E-state index is 13.8. The Balaban J connectivity index is 2.61. The van der Waals surface area contributed by atoms with E-state index in [4.69, 9.17) is 11.6 Å². The molecule has 1 aromatic heterocycles. The Labute approximate surface area is 118 Å². The maximum atomic E-state index is 13.8. The molecule has 0 aliphatic rings. The van der Waals surface area contributed by atoms with Crippen molar-refractivity contribution in [2.75, 3.05) is 0 Å². The van der Waals surface area contributed by atoms with Gasteiger partial charge in [-0.15, -0.1) is 0 Å². The fourth-order valence-corrected chi connectivity index (χ4v) is 2.46. The average Bonchev–Trinajstić information content (AvgIpc) is 2.32. The van der Waals surface area contributed by atoms with Crippen molar-refractivity contribution in [1.29, 1.82) is 0 Å². The first-order valence-corrected chi connectivity index (χ1v) is 6.68. The first-order valence-electron chi connectivity index (χ1n) is 5.51. The van der Waals surface area contributed by atoms with Gasteiger partial charge in [-0.1, -0.05) is 34.5 Å². The molecule has 0 unspecified atom stereocenters. The number of rotatable bonds is 2. The molecule has 1 aromatic carbocycles. The molecule has 0 aliphatic heterocycles. The lowest BCUT2D eigenvalue weighted by molar-refractivity contribution is 0.629. The molecule has 94 valence electrons. The molecule has 2 rings (SSSR count). The second-order valence-electron chi connectivity index (χ2n) is 3.88. The van der Waals surface area contributed by atoms with Gasteiger partial charge in [-0.3, -0.25) is 0 Å². The Morgan fingerprint density at radius 3 is 2.67 bits per heavy atom. The van der Waals surface area contributed by atoms with Crippen molar-refractivity contribution in [3.63, 3.8) is 0 Å². The van der Waals surface area contributed by atoms with Gasteiger partial charge >= 0.3 is 0 Å². The van der Waals surface area contributed by atoms with Crippen molar-refractivity contribution in [2.45, 2.75) is 20.3 Å². The molecule has 0 spiro atoms. The van der Waals surface area contributed by atoms with Crippen LogP contribution in [0.3, 0.4) is 0 Å². The average molecular weight is 330 g/mol. The molecule has 1 heterocycles. The zero-order chi connectivity index (χ0) is 13.3. The first-order chi connectivity index (χ1) is 8.52. The highest BCUT2D eigenvalue weighted by Crippen LogP contribution is 2.26. The molecular formula is C13H11BrClFN2. The van der Waals surface area contributed by atoms with Crippen LogP contribution in [0.15, 0.2) is 22.7 Å². The van der Waals surface area contributed by atoms with Crippen molar-refractivity contribution in [1.82, 2.24) is 9.97 Å². The molecule has 2 nitrogen and oxygen atoms in total. The fourth-order valence-electron chi connectivity index (χ4n) is 1.75. The van der Waals surface area contributed by atoms with E-state index in [1.165, 1.54) is 6.07 Å². The third-order valence-electron chi connectivity index (χ3n) is 2.69. The van der Waals surface area contributed by atoms with Crippen molar-refractivity contribution in [3.05, 3.63) is 44.9 Å². The van der Waals surface area contributed by atoms with Gasteiger partial charge in [0.1, 0.15) is 11.0 Å². The molecule has 0 saturated heterocycles. The molecule has 2 aromatic rings. The summed E-state index contributed by atoms with van der Waals surface area (Å²) in [6.45, 7) is 3.84. The van der Waals surface area contributed by atoms with Crippen LogP contribution >= 0.6 is 27.5 Å². The Bertz CT molecular complexity index is 579. The van der Waals surface area contributed by atoms with E-state index >= 15 is 0 Å². The number of nitrogens with zero attached hydrogens (tertiary/aromatic N) is 2. The second kappa shape index (κ2) is 5.33. The maximum Gasteiger partial charge on any atom is 0.164 e. The smallest absolute Gasteiger partial charge is 0.164 e. The van der Waals surface area contributed by atoms with Crippen LogP contribution in [-0.4, -0.2) is 9.97 Å². The summed E-state index contributed by atoms with van der Waals surface area (Å²) in [4.78, 5) is 8.49. The lowest BCUT2D eigenvalue weighted by Gasteiger charge is -2.08. The third kappa shape index (κ3) is 2.54. The molecule has 0 aliphatic carbocycles. The van der Waals surface area contributed by atoms with Crippen LogP contribution in [0.4, 0.5) is 4.39 Å².